The minimum atomic E-state index is -0.556. The summed E-state index contributed by atoms with van der Waals surface area (Å²) in [6.07, 6.45) is 0.250. The van der Waals surface area contributed by atoms with Gasteiger partial charge in [0.25, 0.3) is 5.56 Å². The second-order valence-corrected chi connectivity index (χ2v) is 5.38. The van der Waals surface area contributed by atoms with Crippen LogP contribution in [-0.4, -0.2) is 31.3 Å². The van der Waals surface area contributed by atoms with Crippen molar-refractivity contribution in [2.75, 3.05) is 6.61 Å². The van der Waals surface area contributed by atoms with Crippen LogP contribution in [0.1, 0.15) is 18.4 Å². The van der Waals surface area contributed by atoms with Crippen LogP contribution in [0.3, 0.4) is 0 Å². The van der Waals surface area contributed by atoms with E-state index >= 15 is 0 Å². The van der Waals surface area contributed by atoms with E-state index in [1.165, 1.54) is 6.07 Å². The van der Waals surface area contributed by atoms with Crippen LogP contribution in [0.15, 0.2) is 39.9 Å². The Morgan fingerprint density at radius 1 is 1.21 bits per heavy atom. The van der Waals surface area contributed by atoms with Crippen molar-refractivity contribution in [2.24, 2.45) is 0 Å². The molecule has 3 aromatic rings. The molecule has 124 valence electrons. The normalized spacial score (nSPS) is 10.7. The largest absolute Gasteiger partial charge is 0.494 e. The summed E-state index contributed by atoms with van der Waals surface area (Å²) < 4.78 is 7.58. The zero-order valence-corrected chi connectivity index (χ0v) is 13.6. The van der Waals surface area contributed by atoms with E-state index in [2.05, 4.69) is 20.2 Å². The first-order chi connectivity index (χ1) is 11.6. The van der Waals surface area contributed by atoms with Gasteiger partial charge in [0.1, 0.15) is 11.6 Å². The number of hydrogen-bond acceptors (Lipinski definition) is 5. The average Bonchev–Trinajstić information content (AvgIpc) is 2.88. The Hall–Kier alpha value is -2.94. The second kappa shape index (κ2) is 6.67. The number of H-pyrrole nitrogens is 3. The molecule has 0 unspecified atom stereocenters. The lowest BCUT2D eigenvalue weighted by molar-refractivity contribution is 0.340. The van der Waals surface area contributed by atoms with Gasteiger partial charge in [-0.2, -0.15) is 5.10 Å². The molecule has 1 aromatic carbocycles. The summed E-state index contributed by atoms with van der Waals surface area (Å²) in [6, 6.07) is 8.72. The van der Waals surface area contributed by atoms with Crippen LogP contribution in [-0.2, 0) is 6.42 Å². The second-order valence-electron chi connectivity index (χ2n) is 5.00. The van der Waals surface area contributed by atoms with E-state index in [1.54, 1.807) is 4.57 Å². The maximum atomic E-state index is 11.4. The number of ether oxygens (including phenoxy) is 1. The van der Waals surface area contributed by atoms with Gasteiger partial charge in [0, 0.05) is 23.9 Å². The van der Waals surface area contributed by atoms with Gasteiger partial charge in [-0.3, -0.25) is 19.4 Å². The van der Waals surface area contributed by atoms with Crippen molar-refractivity contribution in [3.8, 4) is 11.4 Å². The molecule has 8 nitrogen and oxygen atoms in total. The summed E-state index contributed by atoms with van der Waals surface area (Å²) >= 11 is 5.28. The standard InChI is InChI=1S/C15H15N5O3S/c1-2-23-11-5-3-10(4-6-11)20-12(18-19-15(20)24)7-9-8-13(21)17-14(22)16-9/h3-6,8H,2,7H2,1H3,(H,19,24)(H2,16,17,21,22). The van der Waals surface area contributed by atoms with Crippen LogP contribution < -0.4 is 16.0 Å². The van der Waals surface area contributed by atoms with Crippen LogP contribution in [0, 0.1) is 4.77 Å². The average molecular weight is 345 g/mol. The van der Waals surface area contributed by atoms with Crippen molar-refractivity contribution >= 4 is 12.2 Å². The molecule has 2 heterocycles. The molecular weight excluding hydrogens is 330 g/mol. The Balaban J connectivity index is 1.98. The molecule has 0 saturated heterocycles. The van der Waals surface area contributed by atoms with Crippen LogP contribution >= 0.6 is 12.2 Å². The summed E-state index contributed by atoms with van der Waals surface area (Å²) in [7, 11) is 0. The summed E-state index contributed by atoms with van der Waals surface area (Å²) in [5.41, 5.74) is 0.235. The number of nitrogens with one attached hydrogen (secondary N) is 3. The minimum absolute atomic E-state index is 0.250. The van der Waals surface area contributed by atoms with E-state index in [0.29, 0.717) is 22.9 Å². The monoisotopic (exact) mass is 345 g/mol. The van der Waals surface area contributed by atoms with E-state index < -0.39 is 11.2 Å². The molecule has 3 rings (SSSR count). The number of benzene rings is 1. The Kier molecular flexibility index (Phi) is 4.43. The molecule has 3 N–H and O–H groups in total. The summed E-state index contributed by atoms with van der Waals surface area (Å²) in [4.78, 5) is 27.5. The molecule has 0 radical (unpaired) electrons. The van der Waals surface area contributed by atoms with Gasteiger partial charge in [-0.1, -0.05) is 0 Å². The lowest BCUT2D eigenvalue weighted by Crippen LogP contribution is -2.23. The van der Waals surface area contributed by atoms with Crippen LogP contribution in [0.25, 0.3) is 5.69 Å². The Morgan fingerprint density at radius 3 is 2.62 bits per heavy atom. The van der Waals surface area contributed by atoms with E-state index in [4.69, 9.17) is 17.0 Å². The van der Waals surface area contributed by atoms with Crippen molar-refractivity contribution in [2.45, 2.75) is 13.3 Å². The molecule has 0 atom stereocenters. The molecule has 0 aliphatic rings. The lowest BCUT2D eigenvalue weighted by atomic mass is 10.2. The fraction of sp³-hybridized carbons (Fsp3) is 0.200. The number of hydrogen-bond donors (Lipinski definition) is 3. The highest BCUT2D eigenvalue weighted by atomic mass is 32.1. The van der Waals surface area contributed by atoms with Crippen molar-refractivity contribution in [1.82, 2.24) is 24.7 Å². The number of nitrogens with zero attached hydrogens (tertiary/aromatic N) is 2. The third kappa shape index (κ3) is 3.35. The lowest BCUT2D eigenvalue weighted by Gasteiger charge is -2.08. The third-order valence-corrected chi connectivity index (χ3v) is 3.59. The molecule has 0 aliphatic carbocycles. The zero-order valence-electron chi connectivity index (χ0n) is 12.8. The molecule has 0 amide bonds. The quantitative estimate of drug-likeness (QED) is 0.604. The van der Waals surface area contributed by atoms with Gasteiger partial charge in [0.2, 0.25) is 0 Å². The van der Waals surface area contributed by atoms with Crippen molar-refractivity contribution in [3.63, 3.8) is 0 Å². The minimum Gasteiger partial charge on any atom is -0.494 e. The maximum absolute atomic E-state index is 11.4. The van der Waals surface area contributed by atoms with Crippen LogP contribution in [0.2, 0.25) is 0 Å². The van der Waals surface area contributed by atoms with Gasteiger partial charge >= 0.3 is 5.69 Å². The third-order valence-electron chi connectivity index (χ3n) is 3.31. The SMILES string of the molecule is CCOc1ccc(-n2c(Cc3cc(=O)[nH]c(=O)[nH]3)n[nH]c2=S)cc1. The molecule has 0 saturated carbocycles. The van der Waals surface area contributed by atoms with E-state index in [0.717, 1.165) is 11.4 Å². The molecule has 0 bridgehead atoms. The first-order valence-corrected chi connectivity index (χ1v) is 7.69. The molecule has 0 fully saturated rings. The predicted molar refractivity (Wildman–Crippen MR) is 90.4 cm³/mol. The highest BCUT2D eigenvalue weighted by Gasteiger charge is 2.10. The summed E-state index contributed by atoms with van der Waals surface area (Å²) in [6.45, 7) is 2.51. The van der Waals surface area contributed by atoms with Crippen molar-refractivity contribution < 1.29 is 4.74 Å². The molecule has 24 heavy (non-hydrogen) atoms. The topological polar surface area (TPSA) is 109 Å². The maximum Gasteiger partial charge on any atom is 0.325 e. The Morgan fingerprint density at radius 2 is 1.96 bits per heavy atom. The first-order valence-electron chi connectivity index (χ1n) is 7.29. The van der Waals surface area contributed by atoms with Gasteiger partial charge in [0.05, 0.1) is 6.61 Å². The number of aromatic amines is 3. The summed E-state index contributed by atoms with van der Waals surface area (Å²) in [5.74, 6) is 1.34. The van der Waals surface area contributed by atoms with E-state index in [1.807, 2.05) is 31.2 Å². The molecule has 0 spiro atoms. The first kappa shape index (κ1) is 15.9. The Labute approximate surface area is 141 Å². The molecule has 2 aromatic heterocycles. The zero-order chi connectivity index (χ0) is 17.1. The Bertz CT molecular complexity index is 985. The van der Waals surface area contributed by atoms with Crippen molar-refractivity contribution in [3.05, 3.63) is 67.5 Å². The van der Waals surface area contributed by atoms with E-state index in [-0.39, 0.29) is 6.42 Å². The van der Waals surface area contributed by atoms with Crippen molar-refractivity contribution in [1.29, 1.82) is 0 Å². The molecule has 9 heteroatoms. The highest BCUT2D eigenvalue weighted by molar-refractivity contribution is 7.71. The van der Waals surface area contributed by atoms with Crippen LogP contribution in [0.4, 0.5) is 0 Å². The van der Waals surface area contributed by atoms with Crippen LogP contribution in [0.5, 0.6) is 5.75 Å². The fourth-order valence-electron chi connectivity index (χ4n) is 2.36. The number of aromatic nitrogens is 5. The predicted octanol–water partition coefficient (Wildman–Crippen LogP) is 1.30. The van der Waals surface area contributed by atoms with Gasteiger partial charge in [-0.25, -0.2) is 4.79 Å². The molecular formula is C15H15N5O3S. The molecule has 0 aliphatic heterocycles. The smallest absolute Gasteiger partial charge is 0.325 e. The van der Waals surface area contributed by atoms with E-state index in [9.17, 15) is 9.59 Å². The highest BCUT2D eigenvalue weighted by Crippen LogP contribution is 2.17. The fourth-order valence-corrected chi connectivity index (χ4v) is 2.61. The van der Waals surface area contributed by atoms with Gasteiger partial charge in [-0.05, 0) is 43.4 Å². The van der Waals surface area contributed by atoms with Gasteiger partial charge in [0.15, 0.2) is 4.77 Å². The van der Waals surface area contributed by atoms with Gasteiger partial charge in [-0.15, -0.1) is 0 Å². The summed E-state index contributed by atoms with van der Waals surface area (Å²) in [5, 5.41) is 6.92. The van der Waals surface area contributed by atoms with Gasteiger partial charge < -0.3 is 9.72 Å². The number of rotatable bonds is 5.